The maximum atomic E-state index is 14.0. The zero-order chi connectivity index (χ0) is 18.6. The lowest BCUT2D eigenvalue weighted by Gasteiger charge is -2.19. The molecule has 1 aliphatic carbocycles. The Hall–Kier alpha value is -2.82. The molecule has 0 saturated carbocycles. The highest BCUT2D eigenvalue weighted by Gasteiger charge is 2.39. The lowest BCUT2D eigenvalue weighted by Crippen LogP contribution is -2.26. The van der Waals surface area contributed by atoms with Crippen molar-refractivity contribution in [3.05, 3.63) is 86.7 Å². The Bertz CT molecular complexity index is 1140. The molecular formula is C21H16F3NO. The Labute approximate surface area is 148 Å². The van der Waals surface area contributed by atoms with Crippen LogP contribution in [0.2, 0.25) is 0 Å². The Morgan fingerprint density at radius 1 is 1.04 bits per heavy atom. The van der Waals surface area contributed by atoms with Gasteiger partial charge in [0, 0.05) is 12.4 Å². The van der Waals surface area contributed by atoms with Crippen LogP contribution in [0.15, 0.2) is 53.3 Å². The molecule has 2 aromatic carbocycles. The molecule has 0 spiro atoms. The number of aromatic nitrogens is 1. The third-order valence-corrected chi connectivity index (χ3v) is 5.07. The van der Waals surface area contributed by atoms with Gasteiger partial charge in [-0.3, -0.25) is 4.79 Å². The number of hydrogen-bond donors (Lipinski definition) is 0. The van der Waals surface area contributed by atoms with Crippen LogP contribution < -0.4 is 5.56 Å². The van der Waals surface area contributed by atoms with Gasteiger partial charge in [0.05, 0.1) is 16.6 Å². The summed E-state index contributed by atoms with van der Waals surface area (Å²) in [5.41, 5.74) is 1.61. The van der Waals surface area contributed by atoms with E-state index < -0.39 is 17.3 Å². The zero-order valence-corrected chi connectivity index (χ0v) is 14.3. The van der Waals surface area contributed by atoms with Crippen LogP contribution in [-0.4, -0.2) is 4.57 Å². The van der Waals surface area contributed by atoms with Gasteiger partial charge < -0.3 is 4.57 Å². The first-order valence-electron chi connectivity index (χ1n) is 8.29. The molecule has 0 bridgehead atoms. The molecule has 0 saturated heterocycles. The second-order valence-corrected chi connectivity index (χ2v) is 6.55. The molecule has 3 aromatic rings. The predicted molar refractivity (Wildman–Crippen MR) is 96.2 cm³/mol. The van der Waals surface area contributed by atoms with Crippen molar-refractivity contribution < 1.29 is 13.2 Å². The fourth-order valence-electron chi connectivity index (χ4n) is 3.82. The first-order valence-corrected chi connectivity index (χ1v) is 8.29. The van der Waals surface area contributed by atoms with Gasteiger partial charge in [-0.1, -0.05) is 42.5 Å². The highest BCUT2D eigenvalue weighted by Crippen LogP contribution is 2.42. The Morgan fingerprint density at radius 3 is 2.50 bits per heavy atom. The molecule has 0 amide bonds. The smallest absolute Gasteiger partial charge is 0.311 e. The van der Waals surface area contributed by atoms with Gasteiger partial charge in [-0.05, 0) is 41.7 Å². The van der Waals surface area contributed by atoms with Crippen molar-refractivity contribution in [2.75, 3.05) is 0 Å². The molecule has 0 atom stereocenters. The fraction of sp³-hybridized carbons (Fsp3) is 0.190. The summed E-state index contributed by atoms with van der Waals surface area (Å²) in [7, 11) is 1.51. The lowest BCUT2D eigenvalue weighted by molar-refractivity contribution is -0.136. The molecule has 0 N–H and O–H groups in total. The maximum absolute atomic E-state index is 14.0. The SMILES string of the molecule is Cc1cccc2c1CC=C2c1c(C(F)(F)F)c2ccccc2n(C)c1=O. The summed E-state index contributed by atoms with van der Waals surface area (Å²) >= 11 is 0. The third kappa shape index (κ3) is 2.30. The van der Waals surface area contributed by atoms with E-state index in [0.29, 0.717) is 17.6 Å². The molecule has 26 heavy (non-hydrogen) atoms. The third-order valence-electron chi connectivity index (χ3n) is 5.07. The average molecular weight is 355 g/mol. The number of rotatable bonds is 1. The van der Waals surface area contributed by atoms with Crippen molar-refractivity contribution in [2.24, 2.45) is 7.05 Å². The molecule has 0 radical (unpaired) electrons. The number of pyridine rings is 1. The average Bonchev–Trinajstić information content (AvgIpc) is 3.02. The molecule has 0 unspecified atom stereocenters. The van der Waals surface area contributed by atoms with E-state index in [1.54, 1.807) is 24.3 Å². The summed E-state index contributed by atoms with van der Waals surface area (Å²) in [5, 5.41) is 0.0408. The van der Waals surface area contributed by atoms with E-state index in [4.69, 9.17) is 0 Å². The highest BCUT2D eigenvalue weighted by atomic mass is 19.4. The van der Waals surface area contributed by atoms with Crippen LogP contribution in [0.4, 0.5) is 13.2 Å². The van der Waals surface area contributed by atoms with Crippen LogP contribution in [0, 0.1) is 6.92 Å². The maximum Gasteiger partial charge on any atom is 0.417 e. The standard InChI is InChI=1S/C21H16F3NO/c1-12-6-5-8-14-13(12)10-11-15(14)18-19(21(22,23)24)16-7-3-4-9-17(16)25(2)20(18)26/h3-9,11H,10H2,1-2H3. The highest BCUT2D eigenvalue weighted by molar-refractivity contribution is 5.93. The Kier molecular flexibility index (Phi) is 3.58. The van der Waals surface area contributed by atoms with E-state index in [1.807, 2.05) is 19.1 Å². The van der Waals surface area contributed by atoms with E-state index in [0.717, 1.165) is 11.1 Å². The number of hydrogen-bond acceptors (Lipinski definition) is 1. The van der Waals surface area contributed by atoms with Crippen molar-refractivity contribution in [2.45, 2.75) is 19.5 Å². The minimum atomic E-state index is -4.63. The van der Waals surface area contributed by atoms with Crippen molar-refractivity contribution in [1.82, 2.24) is 4.57 Å². The minimum absolute atomic E-state index is 0.0408. The number of benzene rings is 2. The molecule has 132 valence electrons. The van der Waals surface area contributed by atoms with Gasteiger partial charge >= 0.3 is 6.18 Å². The van der Waals surface area contributed by atoms with Crippen molar-refractivity contribution in [3.63, 3.8) is 0 Å². The molecule has 0 aliphatic heterocycles. The van der Waals surface area contributed by atoms with Gasteiger partial charge in [0.25, 0.3) is 5.56 Å². The summed E-state index contributed by atoms with van der Waals surface area (Å²) in [4.78, 5) is 13.0. The van der Waals surface area contributed by atoms with E-state index in [-0.39, 0.29) is 16.5 Å². The summed E-state index contributed by atoms with van der Waals surface area (Å²) in [6, 6.07) is 11.7. The topological polar surface area (TPSA) is 22.0 Å². The summed E-state index contributed by atoms with van der Waals surface area (Å²) in [5.74, 6) is 0. The number of alkyl halides is 3. The molecule has 1 aliphatic rings. The number of halogens is 3. The van der Waals surface area contributed by atoms with E-state index in [2.05, 4.69) is 0 Å². The zero-order valence-electron chi connectivity index (χ0n) is 14.3. The van der Waals surface area contributed by atoms with Crippen LogP contribution in [0.3, 0.4) is 0 Å². The van der Waals surface area contributed by atoms with Crippen LogP contribution in [0.25, 0.3) is 16.5 Å². The first kappa shape index (κ1) is 16.6. The molecule has 1 aromatic heterocycles. The van der Waals surface area contributed by atoms with Gasteiger partial charge in [0.15, 0.2) is 0 Å². The quantitative estimate of drug-likeness (QED) is 0.611. The van der Waals surface area contributed by atoms with Gasteiger partial charge in [-0.25, -0.2) is 0 Å². The lowest BCUT2D eigenvalue weighted by atomic mass is 9.92. The minimum Gasteiger partial charge on any atom is -0.311 e. The molecule has 4 rings (SSSR count). The number of para-hydroxylation sites is 1. The number of fused-ring (bicyclic) bond motifs is 2. The Balaban J connectivity index is 2.15. The normalized spacial score (nSPS) is 13.8. The van der Waals surface area contributed by atoms with Gasteiger partial charge in [-0.15, -0.1) is 0 Å². The van der Waals surface area contributed by atoms with E-state index >= 15 is 0 Å². The van der Waals surface area contributed by atoms with Crippen LogP contribution in [0.5, 0.6) is 0 Å². The van der Waals surface area contributed by atoms with Crippen molar-refractivity contribution in [1.29, 1.82) is 0 Å². The second-order valence-electron chi connectivity index (χ2n) is 6.55. The van der Waals surface area contributed by atoms with Gasteiger partial charge in [0.1, 0.15) is 0 Å². The summed E-state index contributed by atoms with van der Waals surface area (Å²) < 4.78 is 43.4. The number of nitrogens with zero attached hydrogens (tertiary/aromatic N) is 1. The molecule has 1 heterocycles. The largest absolute Gasteiger partial charge is 0.417 e. The van der Waals surface area contributed by atoms with Crippen molar-refractivity contribution in [3.8, 4) is 0 Å². The number of aryl methyl sites for hydroxylation is 2. The molecule has 0 fully saturated rings. The summed E-state index contributed by atoms with van der Waals surface area (Å²) in [6.07, 6.45) is -2.36. The van der Waals surface area contributed by atoms with E-state index in [9.17, 15) is 18.0 Å². The molecular weight excluding hydrogens is 339 g/mol. The van der Waals surface area contributed by atoms with Crippen LogP contribution in [-0.2, 0) is 19.6 Å². The monoisotopic (exact) mass is 355 g/mol. The van der Waals surface area contributed by atoms with E-state index in [1.165, 1.54) is 23.7 Å². The van der Waals surface area contributed by atoms with Gasteiger partial charge in [0.2, 0.25) is 0 Å². The van der Waals surface area contributed by atoms with Crippen LogP contribution >= 0.6 is 0 Å². The number of allylic oxidation sites excluding steroid dienone is 1. The predicted octanol–water partition coefficient (Wildman–Crippen LogP) is 4.85. The van der Waals surface area contributed by atoms with Crippen LogP contribution in [0.1, 0.15) is 27.8 Å². The fourth-order valence-corrected chi connectivity index (χ4v) is 3.82. The first-order chi connectivity index (χ1) is 12.3. The Morgan fingerprint density at radius 2 is 1.77 bits per heavy atom. The molecule has 2 nitrogen and oxygen atoms in total. The summed E-state index contributed by atoms with van der Waals surface area (Å²) in [6.45, 7) is 1.93. The van der Waals surface area contributed by atoms with Crippen molar-refractivity contribution >= 4 is 16.5 Å². The second kappa shape index (κ2) is 5.59. The van der Waals surface area contributed by atoms with Gasteiger partial charge in [-0.2, -0.15) is 13.2 Å². The molecule has 5 heteroatoms.